The lowest BCUT2D eigenvalue weighted by Crippen LogP contribution is -1.89. The fourth-order valence-corrected chi connectivity index (χ4v) is 1.07. The van der Waals surface area contributed by atoms with Crippen molar-refractivity contribution in [3.63, 3.8) is 0 Å². The Kier molecular flexibility index (Phi) is 4.84. The van der Waals surface area contributed by atoms with Crippen LogP contribution in [0.5, 0.6) is 0 Å². The SMILES string of the molecule is CSC(C)=NOCc1ccc(Cl)cc1. The lowest BCUT2D eigenvalue weighted by Gasteiger charge is -2.00. The monoisotopic (exact) mass is 229 g/mol. The van der Waals surface area contributed by atoms with Gasteiger partial charge >= 0.3 is 0 Å². The lowest BCUT2D eigenvalue weighted by molar-refractivity contribution is 0.131. The second-order valence-electron chi connectivity index (χ2n) is 2.71. The number of thioether (sulfide) groups is 1. The van der Waals surface area contributed by atoms with Crippen molar-refractivity contribution in [2.45, 2.75) is 13.5 Å². The van der Waals surface area contributed by atoms with Gasteiger partial charge in [0, 0.05) is 5.02 Å². The van der Waals surface area contributed by atoms with Crippen LogP contribution in [0.4, 0.5) is 0 Å². The van der Waals surface area contributed by atoms with Gasteiger partial charge in [0.15, 0.2) is 0 Å². The molecule has 0 heterocycles. The molecule has 0 bridgehead atoms. The Hall–Kier alpha value is -0.670. The number of hydrogen-bond acceptors (Lipinski definition) is 3. The van der Waals surface area contributed by atoms with Gasteiger partial charge in [-0.1, -0.05) is 28.9 Å². The highest BCUT2D eigenvalue weighted by atomic mass is 35.5. The van der Waals surface area contributed by atoms with Gasteiger partial charge in [-0.2, -0.15) is 0 Å². The van der Waals surface area contributed by atoms with Crippen molar-refractivity contribution in [3.05, 3.63) is 34.9 Å². The van der Waals surface area contributed by atoms with Crippen LogP contribution in [0.25, 0.3) is 0 Å². The molecule has 0 aliphatic heterocycles. The molecule has 0 aliphatic carbocycles. The van der Waals surface area contributed by atoms with E-state index in [-0.39, 0.29) is 0 Å². The Bertz CT molecular complexity index is 310. The number of halogens is 1. The third-order valence-corrected chi connectivity index (χ3v) is 2.55. The van der Waals surface area contributed by atoms with E-state index in [1.54, 1.807) is 11.8 Å². The maximum absolute atomic E-state index is 5.75. The Morgan fingerprint density at radius 1 is 1.43 bits per heavy atom. The molecule has 0 atom stereocenters. The summed E-state index contributed by atoms with van der Waals surface area (Å²) in [6.45, 7) is 2.39. The molecular weight excluding hydrogens is 218 g/mol. The molecule has 1 rings (SSSR count). The predicted molar refractivity (Wildman–Crippen MR) is 62.9 cm³/mol. The van der Waals surface area contributed by atoms with Crippen LogP contribution < -0.4 is 0 Å². The molecule has 4 heteroatoms. The van der Waals surface area contributed by atoms with E-state index in [9.17, 15) is 0 Å². The van der Waals surface area contributed by atoms with Crippen LogP contribution in [-0.2, 0) is 11.4 Å². The summed E-state index contributed by atoms with van der Waals surface area (Å²) in [6, 6.07) is 7.52. The second kappa shape index (κ2) is 5.94. The molecule has 76 valence electrons. The van der Waals surface area contributed by atoms with Gasteiger partial charge in [0.2, 0.25) is 0 Å². The van der Waals surface area contributed by atoms with Crippen LogP contribution in [0.1, 0.15) is 12.5 Å². The van der Waals surface area contributed by atoms with Gasteiger partial charge in [-0.15, -0.1) is 11.8 Å². The largest absolute Gasteiger partial charge is 0.390 e. The molecular formula is C10H12ClNOS. The Morgan fingerprint density at radius 2 is 2.07 bits per heavy atom. The van der Waals surface area contributed by atoms with Gasteiger partial charge in [0.25, 0.3) is 0 Å². The molecule has 1 aromatic rings. The van der Waals surface area contributed by atoms with E-state index in [4.69, 9.17) is 16.4 Å². The van der Waals surface area contributed by atoms with E-state index >= 15 is 0 Å². The summed E-state index contributed by atoms with van der Waals surface area (Å²) in [5.41, 5.74) is 1.06. The molecule has 0 radical (unpaired) electrons. The summed E-state index contributed by atoms with van der Waals surface area (Å²) in [5.74, 6) is 0. The molecule has 1 aromatic carbocycles. The van der Waals surface area contributed by atoms with Crippen LogP contribution in [0.3, 0.4) is 0 Å². The van der Waals surface area contributed by atoms with Crippen LogP contribution in [0, 0.1) is 0 Å². The molecule has 0 aliphatic rings. The molecule has 2 nitrogen and oxygen atoms in total. The van der Waals surface area contributed by atoms with E-state index < -0.39 is 0 Å². The summed E-state index contributed by atoms with van der Waals surface area (Å²) >= 11 is 7.31. The summed E-state index contributed by atoms with van der Waals surface area (Å²) < 4.78 is 0. The normalized spacial score (nSPS) is 11.5. The molecule has 0 aromatic heterocycles. The van der Waals surface area contributed by atoms with Gasteiger partial charge in [-0.25, -0.2) is 0 Å². The predicted octanol–water partition coefficient (Wildman–Crippen LogP) is 3.55. The number of hydrogen-bond donors (Lipinski definition) is 0. The zero-order chi connectivity index (χ0) is 10.4. The second-order valence-corrected chi connectivity index (χ2v) is 4.15. The van der Waals surface area contributed by atoms with Crippen LogP contribution in [-0.4, -0.2) is 11.3 Å². The average molecular weight is 230 g/mol. The Morgan fingerprint density at radius 3 is 2.64 bits per heavy atom. The molecule has 0 unspecified atom stereocenters. The standard InChI is InChI=1S/C10H12ClNOS/c1-8(14-2)12-13-7-9-3-5-10(11)6-4-9/h3-6H,7H2,1-2H3. The van der Waals surface area contributed by atoms with Crippen LogP contribution >= 0.6 is 23.4 Å². The topological polar surface area (TPSA) is 21.6 Å². The van der Waals surface area contributed by atoms with E-state index in [1.165, 1.54) is 0 Å². The summed E-state index contributed by atoms with van der Waals surface area (Å²) in [5, 5.41) is 5.56. The van der Waals surface area contributed by atoms with Crippen molar-refractivity contribution in [1.29, 1.82) is 0 Å². The van der Waals surface area contributed by atoms with E-state index in [0.717, 1.165) is 15.6 Å². The number of rotatable bonds is 3. The van der Waals surface area contributed by atoms with Gasteiger partial charge < -0.3 is 4.84 Å². The highest BCUT2D eigenvalue weighted by molar-refractivity contribution is 8.13. The van der Waals surface area contributed by atoms with Gasteiger partial charge in [0.1, 0.15) is 11.7 Å². The maximum atomic E-state index is 5.75. The van der Waals surface area contributed by atoms with Crippen molar-refractivity contribution in [3.8, 4) is 0 Å². The van der Waals surface area contributed by atoms with Crippen LogP contribution in [0.2, 0.25) is 5.02 Å². The molecule has 0 amide bonds. The molecule has 0 N–H and O–H groups in total. The molecule has 0 saturated heterocycles. The zero-order valence-electron chi connectivity index (χ0n) is 8.16. The van der Waals surface area contributed by atoms with Crippen molar-refractivity contribution >= 4 is 28.4 Å². The van der Waals surface area contributed by atoms with E-state index in [0.29, 0.717) is 6.61 Å². The van der Waals surface area contributed by atoms with Gasteiger partial charge in [-0.3, -0.25) is 0 Å². The first kappa shape index (κ1) is 11.4. The van der Waals surface area contributed by atoms with Crippen molar-refractivity contribution < 1.29 is 4.84 Å². The number of benzene rings is 1. The third-order valence-electron chi connectivity index (χ3n) is 1.63. The number of oxime groups is 1. The van der Waals surface area contributed by atoms with Crippen molar-refractivity contribution in [2.24, 2.45) is 5.16 Å². The zero-order valence-corrected chi connectivity index (χ0v) is 9.73. The average Bonchev–Trinajstić information content (AvgIpc) is 2.21. The first-order chi connectivity index (χ1) is 6.72. The van der Waals surface area contributed by atoms with Crippen molar-refractivity contribution in [2.75, 3.05) is 6.26 Å². The maximum Gasteiger partial charge on any atom is 0.142 e. The molecule has 14 heavy (non-hydrogen) atoms. The molecule has 0 fully saturated rings. The van der Waals surface area contributed by atoms with Gasteiger partial charge in [0.05, 0.1) is 0 Å². The molecule has 0 saturated carbocycles. The highest BCUT2D eigenvalue weighted by Gasteiger charge is 1.93. The summed E-state index contributed by atoms with van der Waals surface area (Å²) in [7, 11) is 0. The van der Waals surface area contributed by atoms with Crippen molar-refractivity contribution in [1.82, 2.24) is 0 Å². The first-order valence-corrected chi connectivity index (χ1v) is 5.77. The smallest absolute Gasteiger partial charge is 0.142 e. The number of nitrogens with zero attached hydrogens (tertiary/aromatic N) is 1. The summed E-state index contributed by atoms with van der Waals surface area (Å²) in [6.07, 6.45) is 1.96. The minimum absolute atomic E-state index is 0.481. The highest BCUT2D eigenvalue weighted by Crippen LogP contribution is 2.10. The first-order valence-electron chi connectivity index (χ1n) is 4.17. The third kappa shape index (κ3) is 4.03. The van der Waals surface area contributed by atoms with E-state index in [2.05, 4.69) is 5.16 Å². The minimum atomic E-state index is 0.481. The Balaban J connectivity index is 2.42. The lowest BCUT2D eigenvalue weighted by atomic mass is 10.2. The fourth-order valence-electron chi connectivity index (χ4n) is 0.816. The summed E-state index contributed by atoms with van der Waals surface area (Å²) in [4.78, 5) is 5.14. The molecule has 0 spiro atoms. The fraction of sp³-hybridized carbons (Fsp3) is 0.300. The quantitative estimate of drug-likeness (QED) is 0.449. The Labute approximate surface area is 93.3 Å². The van der Waals surface area contributed by atoms with E-state index in [1.807, 2.05) is 37.4 Å². The van der Waals surface area contributed by atoms with Crippen LogP contribution in [0.15, 0.2) is 29.4 Å². The van der Waals surface area contributed by atoms with Gasteiger partial charge in [-0.05, 0) is 30.9 Å². The minimum Gasteiger partial charge on any atom is -0.390 e.